The van der Waals surface area contributed by atoms with E-state index in [1.54, 1.807) is 20.8 Å². The zero-order valence-electron chi connectivity index (χ0n) is 8.32. The first-order valence-electron chi connectivity index (χ1n) is 4.15. The van der Waals surface area contributed by atoms with E-state index in [2.05, 4.69) is 0 Å². The summed E-state index contributed by atoms with van der Waals surface area (Å²) >= 11 is 1.94. The average molecular weight is 312 g/mol. The molecule has 0 bridgehead atoms. The predicted octanol–water partition coefficient (Wildman–Crippen LogP) is 1.82. The Morgan fingerprint density at radius 1 is 1.07 bits per heavy atom. The summed E-state index contributed by atoms with van der Waals surface area (Å²) in [7, 11) is 0. The number of halogens is 1. The summed E-state index contributed by atoms with van der Waals surface area (Å²) in [5, 5.41) is 0. The lowest BCUT2D eigenvalue weighted by Crippen LogP contribution is -2.10. The van der Waals surface area contributed by atoms with Crippen molar-refractivity contribution in [2.24, 2.45) is 0 Å². The first-order valence-corrected chi connectivity index (χ1v) is 5.39. The molecule has 0 heterocycles. The van der Waals surface area contributed by atoms with Crippen molar-refractivity contribution in [3.05, 3.63) is 12.2 Å². The van der Waals surface area contributed by atoms with Gasteiger partial charge in [0, 0.05) is 12.2 Å². The molecule has 0 aromatic rings. The molecule has 0 rings (SSSR count). The molecular weight excluding hydrogens is 299 g/mol. The van der Waals surface area contributed by atoms with E-state index >= 15 is 0 Å². The lowest BCUT2D eigenvalue weighted by molar-refractivity contribution is -0.142. The minimum Gasteiger partial charge on any atom is -0.460 e. The third-order valence-electron chi connectivity index (χ3n) is 0.986. The Labute approximate surface area is 96.8 Å². The van der Waals surface area contributed by atoms with Crippen molar-refractivity contribution in [1.29, 1.82) is 0 Å². The standard InChI is InChI=1S/C9H13IO4/c1-6(2)13-8(11)4-5-9(12)14-7(3)10/h4-7H,1-3H3/b5-4+. The fraction of sp³-hybridized carbons (Fsp3) is 0.556. The van der Waals surface area contributed by atoms with Crippen molar-refractivity contribution < 1.29 is 19.1 Å². The maximum atomic E-state index is 10.9. The minimum atomic E-state index is -0.549. The topological polar surface area (TPSA) is 52.6 Å². The van der Waals surface area contributed by atoms with Gasteiger partial charge in [-0.2, -0.15) is 0 Å². The molecule has 0 fully saturated rings. The lowest BCUT2D eigenvalue weighted by atomic mass is 10.4. The Bertz CT molecular complexity index is 209. The van der Waals surface area contributed by atoms with E-state index < -0.39 is 11.9 Å². The molecule has 0 aliphatic rings. The van der Waals surface area contributed by atoms with Crippen LogP contribution in [0.2, 0.25) is 0 Å². The number of hydrogen-bond donors (Lipinski definition) is 0. The van der Waals surface area contributed by atoms with Gasteiger partial charge in [-0.05, 0) is 43.4 Å². The first-order chi connectivity index (χ1) is 6.41. The van der Waals surface area contributed by atoms with Gasteiger partial charge in [-0.15, -0.1) is 0 Å². The van der Waals surface area contributed by atoms with Gasteiger partial charge in [0.25, 0.3) is 0 Å². The molecule has 0 radical (unpaired) electrons. The smallest absolute Gasteiger partial charge is 0.332 e. The summed E-state index contributed by atoms with van der Waals surface area (Å²) in [6, 6.07) is 0. The van der Waals surface area contributed by atoms with Crippen LogP contribution in [0, 0.1) is 0 Å². The Morgan fingerprint density at radius 3 is 1.86 bits per heavy atom. The molecule has 4 nitrogen and oxygen atoms in total. The SMILES string of the molecule is CC(C)OC(=O)/C=C/C(=O)OC(C)I. The van der Waals surface area contributed by atoms with E-state index in [9.17, 15) is 9.59 Å². The summed E-state index contributed by atoms with van der Waals surface area (Å²) in [4.78, 5) is 21.8. The van der Waals surface area contributed by atoms with Crippen LogP contribution < -0.4 is 0 Å². The third-order valence-corrected chi connectivity index (χ3v) is 1.24. The number of alkyl halides is 1. The normalized spacial score (nSPS) is 12.9. The van der Waals surface area contributed by atoms with Gasteiger partial charge in [0.2, 0.25) is 0 Å². The highest BCUT2D eigenvalue weighted by molar-refractivity contribution is 14.1. The maximum absolute atomic E-state index is 10.9. The van der Waals surface area contributed by atoms with Crippen molar-refractivity contribution >= 4 is 34.5 Å². The van der Waals surface area contributed by atoms with Crippen molar-refractivity contribution in [2.45, 2.75) is 31.0 Å². The van der Waals surface area contributed by atoms with Crippen molar-refractivity contribution in [3.63, 3.8) is 0 Å². The Morgan fingerprint density at radius 2 is 1.50 bits per heavy atom. The quantitative estimate of drug-likeness (QED) is 0.344. The minimum absolute atomic E-state index is 0.188. The number of esters is 2. The summed E-state index contributed by atoms with van der Waals surface area (Å²) in [5.41, 5.74) is 0. The van der Waals surface area contributed by atoms with Gasteiger partial charge in [-0.3, -0.25) is 0 Å². The molecular formula is C9H13IO4. The number of ether oxygens (including phenoxy) is 2. The molecule has 5 heteroatoms. The summed E-state index contributed by atoms with van der Waals surface area (Å²) < 4.78 is 9.31. The van der Waals surface area contributed by atoms with Crippen LogP contribution in [0.3, 0.4) is 0 Å². The summed E-state index contributed by atoms with van der Waals surface area (Å²) in [6.07, 6.45) is 1.92. The zero-order chi connectivity index (χ0) is 11.1. The van der Waals surface area contributed by atoms with Crippen LogP contribution in [-0.4, -0.2) is 22.2 Å². The van der Waals surface area contributed by atoms with E-state index in [-0.39, 0.29) is 10.2 Å². The lowest BCUT2D eigenvalue weighted by Gasteiger charge is -2.04. The van der Waals surface area contributed by atoms with Gasteiger partial charge in [0.1, 0.15) is 4.11 Å². The molecule has 0 aliphatic carbocycles. The van der Waals surface area contributed by atoms with E-state index in [0.717, 1.165) is 12.2 Å². The van der Waals surface area contributed by atoms with Crippen molar-refractivity contribution in [2.75, 3.05) is 0 Å². The van der Waals surface area contributed by atoms with Crippen LogP contribution in [0.5, 0.6) is 0 Å². The maximum Gasteiger partial charge on any atom is 0.332 e. The molecule has 1 unspecified atom stereocenters. The molecule has 0 saturated carbocycles. The fourth-order valence-electron chi connectivity index (χ4n) is 0.607. The van der Waals surface area contributed by atoms with Gasteiger partial charge < -0.3 is 9.47 Å². The molecule has 14 heavy (non-hydrogen) atoms. The highest BCUT2D eigenvalue weighted by atomic mass is 127. The first kappa shape index (κ1) is 13.4. The van der Waals surface area contributed by atoms with E-state index in [4.69, 9.17) is 9.47 Å². The average Bonchev–Trinajstić information content (AvgIpc) is 1.98. The van der Waals surface area contributed by atoms with E-state index in [1.165, 1.54) is 0 Å². The molecule has 0 spiro atoms. The Balaban J connectivity index is 3.92. The van der Waals surface area contributed by atoms with Crippen LogP contribution >= 0.6 is 22.6 Å². The second-order valence-corrected chi connectivity index (χ2v) is 4.55. The van der Waals surface area contributed by atoms with Gasteiger partial charge >= 0.3 is 11.9 Å². The zero-order valence-corrected chi connectivity index (χ0v) is 10.5. The number of carbonyl (C=O) groups is 2. The van der Waals surface area contributed by atoms with Crippen molar-refractivity contribution in [3.8, 4) is 0 Å². The highest BCUT2D eigenvalue weighted by Gasteiger charge is 2.04. The molecule has 0 aromatic heterocycles. The van der Waals surface area contributed by atoms with Crippen LogP contribution in [0.15, 0.2) is 12.2 Å². The van der Waals surface area contributed by atoms with Gasteiger partial charge in [0.05, 0.1) is 6.10 Å². The molecule has 0 amide bonds. The van der Waals surface area contributed by atoms with Gasteiger partial charge in [-0.25, -0.2) is 9.59 Å². The number of rotatable bonds is 4. The Kier molecular flexibility index (Phi) is 6.52. The van der Waals surface area contributed by atoms with Crippen LogP contribution in [0.25, 0.3) is 0 Å². The molecule has 0 aliphatic heterocycles. The van der Waals surface area contributed by atoms with Gasteiger partial charge in [0.15, 0.2) is 0 Å². The monoisotopic (exact) mass is 312 g/mol. The van der Waals surface area contributed by atoms with Crippen LogP contribution in [0.1, 0.15) is 20.8 Å². The van der Waals surface area contributed by atoms with Crippen molar-refractivity contribution in [1.82, 2.24) is 0 Å². The van der Waals surface area contributed by atoms with Crippen LogP contribution in [0.4, 0.5) is 0 Å². The molecule has 1 atom stereocenters. The van der Waals surface area contributed by atoms with E-state index in [0.29, 0.717) is 0 Å². The second-order valence-electron chi connectivity index (χ2n) is 2.80. The largest absolute Gasteiger partial charge is 0.460 e. The third kappa shape index (κ3) is 8.03. The molecule has 0 aromatic carbocycles. The second kappa shape index (κ2) is 6.80. The summed E-state index contributed by atoms with van der Waals surface area (Å²) in [6.45, 7) is 5.19. The Hall–Kier alpha value is -0.590. The molecule has 80 valence electrons. The predicted molar refractivity (Wildman–Crippen MR) is 59.9 cm³/mol. The fourth-order valence-corrected chi connectivity index (χ4v) is 0.858. The summed E-state index contributed by atoms with van der Waals surface area (Å²) in [5.74, 6) is -1.09. The number of hydrogen-bond acceptors (Lipinski definition) is 4. The van der Waals surface area contributed by atoms with E-state index in [1.807, 2.05) is 22.6 Å². The number of carbonyl (C=O) groups excluding carboxylic acids is 2. The molecule has 0 N–H and O–H groups in total. The van der Waals surface area contributed by atoms with Gasteiger partial charge in [-0.1, -0.05) is 0 Å². The molecule has 0 saturated heterocycles. The van der Waals surface area contributed by atoms with Crippen LogP contribution in [-0.2, 0) is 19.1 Å². The highest BCUT2D eigenvalue weighted by Crippen LogP contribution is 2.01.